The summed E-state index contributed by atoms with van der Waals surface area (Å²) < 4.78 is 51.5. The predicted molar refractivity (Wildman–Crippen MR) is 139 cm³/mol. The van der Waals surface area contributed by atoms with Crippen LogP contribution >= 0.6 is 11.8 Å². The standard InChI is InChI=1S/C28H27ClF3N3O3/c1-18(11-22-13-21(20-3-2-7-33-15-20)12-19-6-10-38-26(19)22)14-27(37,28(30,31)32)17-34-8-5-25(36)23-16-35(29)9-4-24(23)34/h2-5,7-8,12-13,15-16,18,37H,6,9-11,14,17H2,1H3. The number of halogens is 4. The third-order valence-corrected chi connectivity index (χ3v) is 7.29. The molecule has 2 aromatic heterocycles. The molecule has 3 aromatic rings. The van der Waals surface area contributed by atoms with E-state index in [0.29, 0.717) is 17.7 Å². The molecule has 0 saturated carbocycles. The molecule has 6 nitrogen and oxygen atoms in total. The Balaban J connectivity index is 1.45. The van der Waals surface area contributed by atoms with Gasteiger partial charge in [-0.1, -0.05) is 13.0 Å². The maximum atomic E-state index is 14.4. The zero-order valence-corrected chi connectivity index (χ0v) is 21.5. The van der Waals surface area contributed by atoms with Crippen LogP contribution in [0.2, 0.25) is 0 Å². The van der Waals surface area contributed by atoms with Crippen molar-refractivity contribution in [1.82, 2.24) is 14.0 Å². The van der Waals surface area contributed by atoms with Crippen LogP contribution in [0.1, 0.15) is 24.5 Å². The second-order valence-electron chi connectivity index (χ2n) is 10.0. The van der Waals surface area contributed by atoms with E-state index < -0.39 is 30.7 Å². The summed E-state index contributed by atoms with van der Waals surface area (Å²) in [7, 11) is 0. The first-order valence-corrected chi connectivity index (χ1v) is 12.7. The fourth-order valence-corrected chi connectivity index (χ4v) is 5.45. The van der Waals surface area contributed by atoms with Crippen LogP contribution in [-0.2, 0) is 19.4 Å². The molecule has 0 saturated heterocycles. The Hall–Kier alpha value is -3.30. The Morgan fingerprint density at radius 1 is 1.24 bits per heavy atom. The fraction of sp³-hybridized carbons (Fsp3) is 0.357. The van der Waals surface area contributed by atoms with Gasteiger partial charge in [-0.25, -0.2) is 0 Å². The van der Waals surface area contributed by atoms with E-state index in [1.807, 2.05) is 24.3 Å². The van der Waals surface area contributed by atoms with Crippen molar-refractivity contribution < 1.29 is 23.0 Å². The van der Waals surface area contributed by atoms with Gasteiger partial charge in [-0.2, -0.15) is 13.2 Å². The van der Waals surface area contributed by atoms with Gasteiger partial charge in [-0.05, 0) is 59.7 Å². The number of hydrogen-bond acceptors (Lipinski definition) is 5. The van der Waals surface area contributed by atoms with Crippen LogP contribution in [0.15, 0.2) is 53.7 Å². The van der Waals surface area contributed by atoms with Crippen molar-refractivity contribution in [2.45, 2.75) is 44.5 Å². The van der Waals surface area contributed by atoms with Gasteiger partial charge in [0.1, 0.15) is 5.75 Å². The molecule has 0 aliphatic carbocycles. The predicted octanol–water partition coefficient (Wildman–Crippen LogP) is 3.40. The van der Waals surface area contributed by atoms with Crippen molar-refractivity contribution in [1.29, 1.82) is 0 Å². The molecule has 2 unspecified atom stereocenters. The molecule has 2 atom stereocenters. The summed E-state index contributed by atoms with van der Waals surface area (Å²) in [4.78, 5) is 16.5. The summed E-state index contributed by atoms with van der Waals surface area (Å²) in [5.41, 5.74) is 0.280. The minimum atomic E-state index is -4.90. The average Bonchev–Trinajstić information content (AvgIpc) is 3.35. The first-order chi connectivity index (χ1) is 18.0. The van der Waals surface area contributed by atoms with E-state index in [1.165, 1.54) is 27.4 Å². The molecule has 0 spiro atoms. The lowest BCUT2D eigenvalue weighted by Gasteiger charge is -2.34. The third-order valence-electron chi connectivity index (χ3n) is 7.05. The largest absolute Gasteiger partial charge is 0.493 e. The number of nitrogens with zero attached hydrogens (tertiary/aromatic N) is 3. The molecular weight excluding hydrogens is 519 g/mol. The highest BCUT2D eigenvalue weighted by atomic mass is 35.5. The second-order valence-corrected chi connectivity index (χ2v) is 10.5. The summed E-state index contributed by atoms with van der Waals surface area (Å²) in [6.07, 6.45) is 3.27. The van der Waals surface area contributed by atoms with E-state index in [9.17, 15) is 23.1 Å². The van der Waals surface area contributed by atoms with Gasteiger partial charge in [0.05, 0.1) is 30.3 Å². The quantitative estimate of drug-likeness (QED) is 0.461. The van der Waals surface area contributed by atoms with E-state index in [-0.39, 0.29) is 23.6 Å². The van der Waals surface area contributed by atoms with Gasteiger partial charge in [0.2, 0.25) is 0 Å². The molecule has 4 heterocycles. The van der Waals surface area contributed by atoms with Gasteiger partial charge in [-0.15, -0.1) is 0 Å². The smallest absolute Gasteiger partial charge is 0.418 e. The van der Waals surface area contributed by atoms with Gasteiger partial charge in [0.25, 0.3) is 0 Å². The van der Waals surface area contributed by atoms with Crippen LogP contribution in [-0.4, -0.2) is 44.0 Å². The maximum absolute atomic E-state index is 14.4. The van der Waals surface area contributed by atoms with Gasteiger partial charge in [0.15, 0.2) is 11.0 Å². The molecule has 0 fully saturated rings. The lowest BCUT2D eigenvalue weighted by Crippen LogP contribution is -2.55. The van der Waals surface area contributed by atoms with E-state index >= 15 is 0 Å². The minimum Gasteiger partial charge on any atom is -0.493 e. The van der Waals surface area contributed by atoms with E-state index in [0.717, 1.165) is 28.7 Å². The summed E-state index contributed by atoms with van der Waals surface area (Å²) in [5, 5.41) is 11.6. The van der Waals surface area contributed by atoms with Crippen molar-refractivity contribution in [3.63, 3.8) is 0 Å². The van der Waals surface area contributed by atoms with Crippen LogP contribution in [0.5, 0.6) is 5.75 Å². The zero-order valence-electron chi connectivity index (χ0n) is 20.7. The number of pyridine rings is 2. The molecule has 200 valence electrons. The Kier molecular flexibility index (Phi) is 7.00. The Labute approximate surface area is 222 Å². The molecule has 0 bridgehead atoms. The lowest BCUT2D eigenvalue weighted by atomic mass is 9.85. The highest BCUT2D eigenvalue weighted by Gasteiger charge is 2.54. The first-order valence-electron chi connectivity index (χ1n) is 12.4. The highest BCUT2D eigenvalue weighted by molar-refractivity contribution is 6.15. The number of alkyl halides is 3. The number of aromatic nitrogens is 2. The number of rotatable bonds is 7. The molecular formula is C28H27ClF3N3O3. The lowest BCUT2D eigenvalue weighted by molar-refractivity contribution is -0.270. The summed E-state index contributed by atoms with van der Waals surface area (Å²) in [6.45, 7) is 1.68. The number of benzene rings is 1. The van der Waals surface area contributed by atoms with Crippen LogP contribution in [0.4, 0.5) is 13.2 Å². The van der Waals surface area contributed by atoms with Crippen LogP contribution in [0.25, 0.3) is 23.4 Å². The summed E-state index contributed by atoms with van der Waals surface area (Å²) in [5.74, 6) is 0.174. The molecule has 38 heavy (non-hydrogen) atoms. The molecule has 1 N–H and O–H groups in total. The monoisotopic (exact) mass is 545 g/mol. The van der Waals surface area contributed by atoms with Crippen molar-refractivity contribution in [3.05, 3.63) is 80.8 Å². The fourth-order valence-electron chi connectivity index (χ4n) is 5.29. The van der Waals surface area contributed by atoms with Gasteiger partial charge < -0.3 is 14.4 Å². The number of aliphatic hydroxyl groups is 1. The molecule has 1 aromatic carbocycles. The molecule has 2 aliphatic heterocycles. The van der Waals surface area contributed by atoms with Crippen LogP contribution < -0.4 is 20.7 Å². The second kappa shape index (κ2) is 10.1. The summed E-state index contributed by atoms with van der Waals surface area (Å²) >= 11 is 5.97. The average molecular weight is 546 g/mol. The van der Waals surface area contributed by atoms with Gasteiger partial charge >= 0.3 is 6.18 Å². The van der Waals surface area contributed by atoms with Crippen molar-refractivity contribution in [3.8, 4) is 16.9 Å². The zero-order chi connectivity index (χ0) is 27.1. The van der Waals surface area contributed by atoms with E-state index in [2.05, 4.69) is 4.98 Å². The minimum absolute atomic E-state index is 0.186. The topological polar surface area (TPSA) is 67.6 Å². The van der Waals surface area contributed by atoms with Crippen LogP contribution in [0.3, 0.4) is 0 Å². The number of fused-ring (bicyclic) bond motifs is 2. The normalized spacial score (nSPS) is 16.9. The third kappa shape index (κ3) is 5.17. The SMILES string of the molecule is CC(Cc1cc(-c2cccnc2)cc2c1OCC2)CC(O)(Cn1ccc(=O)c2c1=CCN(Cl)C=2)C(F)(F)F. The molecule has 0 amide bonds. The number of hydrogen-bond donors (Lipinski definition) is 1. The molecule has 2 aliphatic rings. The Morgan fingerprint density at radius 3 is 2.79 bits per heavy atom. The highest BCUT2D eigenvalue weighted by Crippen LogP contribution is 2.40. The summed E-state index contributed by atoms with van der Waals surface area (Å²) in [6, 6.07) is 8.92. The van der Waals surface area contributed by atoms with Crippen molar-refractivity contribution in [2.75, 3.05) is 13.2 Å². The van der Waals surface area contributed by atoms with Gasteiger partial charge in [0, 0.05) is 54.6 Å². The molecule has 5 rings (SSSR count). The Bertz CT molecular complexity index is 1520. The van der Waals surface area contributed by atoms with E-state index in [1.54, 1.807) is 25.4 Å². The molecule has 10 heteroatoms. The van der Waals surface area contributed by atoms with E-state index in [4.69, 9.17) is 16.5 Å². The number of ether oxygens (including phenoxy) is 1. The Morgan fingerprint density at radius 2 is 2.05 bits per heavy atom. The van der Waals surface area contributed by atoms with Crippen molar-refractivity contribution in [2.24, 2.45) is 5.92 Å². The first kappa shape index (κ1) is 26.3. The maximum Gasteiger partial charge on any atom is 0.418 e. The van der Waals surface area contributed by atoms with Crippen LogP contribution in [0, 0.1) is 5.92 Å². The molecule has 0 radical (unpaired) electrons. The van der Waals surface area contributed by atoms with Gasteiger partial charge in [-0.3, -0.25) is 14.2 Å². The van der Waals surface area contributed by atoms with Crippen molar-refractivity contribution >= 4 is 24.1 Å².